The second-order valence-electron chi connectivity index (χ2n) is 8.48. The number of fused-ring (bicyclic) bond motifs is 1. The number of aliphatic hydroxyl groups excluding tert-OH is 1. The topological polar surface area (TPSA) is 104 Å². The lowest BCUT2D eigenvalue weighted by atomic mass is 9.88. The quantitative estimate of drug-likeness (QED) is 0.421. The summed E-state index contributed by atoms with van der Waals surface area (Å²) in [7, 11) is 1.59. The summed E-state index contributed by atoms with van der Waals surface area (Å²) in [5.41, 5.74) is 2.32. The summed E-state index contributed by atoms with van der Waals surface area (Å²) in [5.74, 6) is -0.767. The van der Waals surface area contributed by atoms with E-state index in [4.69, 9.17) is 4.74 Å². The molecule has 32 heavy (non-hydrogen) atoms. The molecule has 0 fully saturated rings. The minimum Gasteiger partial charge on any atom is -0.453 e. The molecule has 1 aromatic heterocycles. The van der Waals surface area contributed by atoms with E-state index in [-0.39, 0.29) is 30.0 Å². The molecule has 0 aliphatic carbocycles. The average molecular weight is 438 g/mol. The van der Waals surface area contributed by atoms with Crippen molar-refractivity contribution in [1.82, 2.24) is 15.3 Å². The molecule has 3 rings (SSSR count). The van der Waals surface area contributed by atoms with Crippen LogP contribution in [0.25, 0.3) is 11.0 Å². The van der Waals surface area contributed by atoms with Crippen molar-refractivity contribution in [3.63, 3.8) is 0 Å². The number of carbonyl (C=O) groups excluding carboxylic acids is 2. The number of amides is 1. The maximum absolute atomic E-state index is 12.9. The van der Waals surface area contributed by atoms with E-state index in [1.165, 1.54) is 0 Å². The third-order valence-corrected chi connectivity index (χ3v) is 5.45. The Labute approximate surface area is 188 Å². The number of imidazole rings is 1. The van der Waals surface area contributed by atoms with Gasteiger partial charge in [-0.1, -0.05) is 56.3 Å². The number of rotatable bonds is 10. The fraction of sp³-hybridized carbons (Fsp3) is 0.400. The highest BCUT2D eigenvalue weighted by Gasteiger charge is 2.30. The summed E-state index contributed by atoms with van der Waals surface area (Å²) in [6.45, 7) is 4.07. The van der Waals surface area contributed by atoms with Gasteiger partial charge in [-0.2, -0.15) is 0 Å². The van der Waals surface area contributed by atoms with E-state index in [0.717, 1.165) is 11.1 Å². The van der Waals surface area contributed by atoms with Crippen molar-refractivity contribution in [2.45, 2.75) is 45.3 Å². The van der Waals surface area contributed by atoms with Crippen LogP contribution in [0, 0.1) is 11.8 Å². The molecule has 0 bridgehead atoms. The van der Waals surface area contributed by atoms with Crippen LogP contribution in [-0.2, 0) is 16.0 Å². The molecule has 0 aliphatic heterocycles. The van der Waals surface area contributed by atoms with Crippen molar-refractivity contribution in [2.75, 3.05) is 7.05 Å². The van der Waals surface area contributed by atoms with Crippen LogP contribution in [0.5, 0.6) is 0 Å². The van der Waals surface area contributed by atoms with Crippen LogP contribution in [0.2, 0.25) is 0 Å². The molecule has 1 amide bonds. The molecule has 0 unspecified atom stereocenters. The van der Waals surface area contributed by atoms with Gasteiger partial charge in [-0.25, -0.2) is 9.78 Å². The van der Waals surface area contributed by atoms with Gasteiger partial charge in [0.2, 0.25) is 11.7 Å². The summed E-state index contributed by atoms with van der Waals surface area (Å²) in [6, 6.07) is 16.9. The molecule has 7 nitrogen and oxygen atoms in total. The Bertz CT molecular complexity index is 999. The number of esters is 1. The summed E-state index contributed by atoms with van der Waals surface area (Å²) < 4.78 is 5.74. The normalized spacial score (nSPS) is 14.2. The van der Waals surface area contributed by atoms with Crippen molar-refractivity contribution in [1.29, 1.82) is 0 Å². The van der Waals surface area contributed by atoms with Crippen LogP contribution in [0.3, 0.4) is 0 Å². The first-order valence-corrected chi connectivity index (χ1v) is 11.0. The lowest BCUT2D eigenvalue weighted by Crippen LogP contribution is -2.38. The maximum atomic E-state index is 12.9. The zero-order chi connectivity index (χ0) is 23.1. The van der Waals surface area contributed by atoms with Crippen LogP contribution in [0.15, 0.2) is 54.6 Å². The Morgan fingerprint density at radius 1 is 1.06 bits per heavy atom. The predicted molar refractivity (Wildman–Crippen MR) is 123 cm³/mol. The molecular formula is C25H31N3O4. The van der Waals surface area contributed by atoms with E-state index in [2.05, 4.69) is 15.3 Å². The first-order valence-electron chi connectivity index (χ1n) is 11.0. The Kier molecular flexibility index (Phi) is 8.00. The molecular weight excluding hydrogens is 406 g/mol. The Balaban J connectivity index is 1.80. The summed E-state index contributed by atoms with van der Waals surface area (Å²) in [4.78, 5) is 32.5. The highest BCUT2D eigenvalue weighted by atomic mass is 16.6. The van der Waals surface area contributed by atoms with Crippen molar-refractivity contribution >= 4 is 22.9 Å². The van der Waals surface area contributed by atoms with Gasteiger partial charge in [-0.3, -0.25) is 4.79 Å². The molecule has 7 heteroatoms. The number of carbonyl (C=O) groups is 2. The van der Waals surface area contributed by atoms with E-state index in [0.29, 0.717) is 18.4 Å². The van der Waals surface area contributed by atoms with Crippen LogP contribution in [-0.4, -0.2) is 46.2 Å². The number of aliphatic hydroxyl groups is 1. The van der Waals surface area contributed by atoms with Gasteiger partial charge in [-0.15, -0.1) is 0 Å². The molecule has 0 saturated heterocycles. The molecule has 170 valence electrons. The molecule has 0 saturated carbocycles. The molecule has 1 heterocycles. The van der Waals surface area contributed by atoms with Gasteiger partial charge in [0.05, 0.1) is 17.1 Å². The number of hydrogen-bond acceptors (Lipinski definition) is 5. The van der Waals surface area contributed by atoms with E-state index in [1.807, 2.05) is 62.4 Å². The molecule has 0 spiro atoms. The molecule has 2 aromatic carbocycles. The Morgan fingerprint density at radius 2 is 1.75 bits per heavy atom. The van der Waals surface area contributed by atoms with Crippen LogP contribution >= 0.6 is 0 Å². The molecule has 3 atom stereocenters. The fourth-order valence-corrected chi connectivity index (χ4v) is 3.87. The number of nitrogens with zero attached hydrogens (tertiary/aromatic N) is 1. The summed E-state index contributed by atoms with van der Waals surface area (Å²) >= 11 is 0. The molecule has 3 aromatic rings. The fourth-order valence-electron chi connectivity index (χ4n) is 3.87. The number of hydrogen-bond donors (Lipinski definition) is 3. The van der Waals surface area contributed by atoms with Crippen molar-refractivity contribution in [3.05, 3.63) is 66.0 Å². The van der Waals surface area contributed by atoms with Gasteiger partial charge >= 0.3 is 5.97 Å². The highest BCUT2D eigenvalue weighted by Crippen LogP contribution is 2.22. The average Bonchev–Trinajstić information content (AvgIpc) is 3.22. The van der Waals surface area contributed by atoms with Gasteiger partial charge in [0.15, 0.2) is 0 Å². The predicted octanol–water partition coefficient (Wildman–Crippen LogP) is 3.49. The first kappa shape index (κ1) is 23.5. The zero-order valence-corrected chi connectivity index (χ0v) is 18.7. The maximum Gasteiger partial charge on any atom is 0.374 e. The zero-order valence-electron chi connectivity index (χ0n) is 18.7. The minimum atomic E-state index is -1.01. The number of benzene rings is 2. The van der Waals surface area contributed by atoms with E-state index in [1.54, 1.807) is 13.1 Å². The lowest BCUT2D eigenvalue weighted by Gasteiger charge is -2.27. The van der Waals surface area contributed by atoms with E-state index < -0.39 is 18.2 Å². The number of H-pyrrole nitrogens is 1. The smallest absolute Gasteiger partial charge is 0.374 e. The van der Waals surface area contributed by atoms with Gasteiger partial charge < -0.3 is 20.1 Å². The molecule has 0 aliphatic rings. The third-order valence-electron chi connectivity index (χ3n) is 5.45. The SMILES string of the molecule is CNC(=O)[C@H](CC(C)C)C[C@H](O)[C@H](Cc1ccccc1)OC(=O)c1nc2ccccc2[nH]1. The molecule has 3 N–H and O–H groups in total. The second kappa shape index (κ2) is 10.9. The largest absolute Gasteiger partial charge is 0.453 e. The van der Waals surface area contributed by atoms with Crippen LogP contribution in [0.4, 0.5) is 0 Å². The number of para-hydroxylation sites is 2. The van der Waals surface area contributed by atoms with Gasteiger partial charge in [-0.05, 0) is 36.5 Å². The third kappa shape index (κ3) is 6.17. The second-order valence-corrected chi connectivity index (χ2v) is 8.48. The summed E-state index contributed by atoms with van der Waals surface area (Å²) in [6.07, 6.45) is -0.674. The van der Waals surface area contributed by atoms with Gasteiger partial charge in [0.25, 0.3) is 0 Å². The van der Waals surface area contributed by atoms with E-state index in [9.17, 15) is 14.7 Å². The monoisotopic (exact) mass is 437 g/mol. The highest BCUT2D eigenvalue weighted by molar-refractivity contribution is 5.90. The minimum absolute atomic E-state index is 0.0847. The van der Waals surface area contributed by atoms with E-state index >= 15 is 0 Å². The Morgan fingerprint density at radius 3 is 2.41 bits per heavy atom. The Hall–Kier alpha value is -3.19. The molecule has 0 radical (unpaired) electrons. The van der Waals surface area contributed by atoms with Crippen LogP contribution in [0.1, 0.15) is 42.9 Å². The first-order chi connectivity index (χ1) is 15.4. The van der Waals surface area contributed by atoms with Crippen molar-refractivity contribution < 1.29 is 19.4 Å². The number of aromatic amines is 1. The number of ether oxygens (including phenoxy) is 1. The standard InChI is InChI=1S/C25H31N3O4/c1-16(2)13-18(24(30)26-3)15-21(29)22(14-17-9-5-4-6-10-17)32-25(31)23-27-19-11-7-8-12-20(19)28-23/h4-12,16,18,21-22,29H,13-15H2,1-3H3,(H,26,30)(H,27,28)/t18-,21+,22+/m1/s1. The van der Waals surface area contributed by atoms with Crippen molar-refractivity contribution in [2.24, 2.45) is 11.8 Å². The van der Waals surface area contributed by atoms with Crippen molar-refractivity contribution in [3.8, 4) is 0 Å². The van der Waals surface area contributed by atoms with Gasteiger partial charge in [0.1, 0.15) is 6.10 Å². The lowest BCUT2D eigenvalue weighted by molar-refractivity contribution is -0.126. The van der Waals surface area contributed by atoms with Crippen LogP contribution < -0.4 is 5.32 Å². The van der Waals surface area contributed by atoms with Gasteiger partial charge in [0, 0.05) is 19.4 Å². The summed E-state index contributed by atoms with van der Waals surface area (Å²) in [5, 5.41) is 13.7. The number of aromatic nitrogens is 2. The number of nitrogens with one attached hydrogen (secondary N) is 2.